The highest BCUT2D eigenvalue weighted by atomic mass is 16.5. The van der Waals surface area contributed by atoms with Gasteiger partial charge in [0.2, 0.25) is 0 Å². The summed E-state index contributed by atoms with van der Waals surface area (Å²) >= 11 is 0. The summed E-state index contributed by atoms with van der Waals surface area (Å²) in [5, 5.41) is 0. The van der Waals surface area contributed by atoms with Crippen molar-refractivity contribution in [2.45, 2.75) is 53.1 Å². The van der Waals surface area contributed by atoms with Crippen LogP contribution in [0.25, 0.3) is 0 Å². The molecule has 0 amide bonds. The fourth-order valence-corrected chi connectivity index (χ4v) is 2.50. The van der Waals surface area contributed by atoms with E-state index < -0.39 is 0 Å². The minimum Gasteiger partial charge on any atom is -0.472 e. The molecular weight excluding hydrogens is 288 g/mol. The van der Waals surface area contributed by atoms with Crippen LogP contribution in [0.3, 0.4) is 0 Å². The van der Waals surface area contributed by atoms with Gasteiger partial charge in [0, 0.05) is 19.4 Å². The maximum absolute atomic E-state index is 6.09. The zero-order valence-electron chi connectivity index (χ0n) is 14.7. The Balaban J connectivity index is 1.97. The average molecular weight is 316 g/mol. The molecule has 0 radical (unpaired) electrons. The number of allylic oxidation sites excluding steroid dienone is 1. The van der Waals surface area contributed by atoms with Crippen LogP contribution in [0, 0.1) is 12.8 Å². The van der Waals surface area contributed by atoms with Crippen LogP contribution in [-0.4, -0.2) is 12.7 Å². The third-order valence-corrected chi connectivity index (χ3v) is 3.75. The Kier molecular flexibility index (Phi) is 6.72. The summed E-state index contributed by atoms with van der Waals surface area (Å²) in [6.07, 6.45) is 10.3. The van der Waals surface area contributed by atoms with Gasteiger partial charge in [-0.25, -0.2) is 0 Å². The van der Waals surface area contributed by atoms with Gasteiger partial charge in [0.1, 0.15) is 5.76 Å². The van der Waals surface area contributed by atoms with E-state index >= 15 is 0 Å². The molecule has 0 aromatic carbocycles. The van der Waals surface area contributed by atoms with Crippen molar-refractivity contribution in [3.8, 4) is 0 Å². The molecule has 0 N–H and O–H groups in total. The van der Waals surface area contributed by atoms with Gasteiger partial charge in [-0.1, -0.05) is 25.5 Å². The first-order chi connectivity index (χ1) is 11.0. The fourth-order valence-electron chi connectivity index (χ4n) is 2.50. The molecule has 126 valence electrons. The fraction of sp³-hybridized carbons (Fsp3) is 0.500. The molecule has 23 heavy (non-hydrogen) atoms. The lowest BCUT2D eigenvalue weighted by atomic mass is 10.1. The molecule has 0 bridgehead atoms. The van der Waals surface area contributed by atoms with Crippen molar-refractivity contribution in [1.82, 2.24) is 0 Å². The first-order valence-electron chi connectivity index (χ1n) is 8.37. The van der Waals surface area contributed by atoms with Gasteiger partial charge >= 0.3 is 0 Å². The monoisotopic (exact) mass is 316 g/mol. The van der Waals surface area contributed by atoms with Crippen LogP contribution in [0.4, 0.5) is 0 Å². The molecule has 0 aliphatic rings. The molecule has 2 rings (SSSR count). The number of hydrogen-bond acceptors (Lipinski definition) is 3. The van der Waals surface area contributed by atoms with Crippen LogP contribution in [0.2, 0.25) is 0 Å². The standard InChI is InChI=1S/C20H28O3/c1-15(2)5-8-22-20(12-18-6-7-21-14-18)10-16(3)9-19-11-17(4)13-23-19/h6-7,10-11,13-15,20H,5,8-9,12H2,1-4H3. The second kappa shape index (κ2) is 8.78. The quantitative estimate of drug-likeness (QED) is 0.585. The maximum Gasteiger partial charge on any atom is 0.108 e. The summed E-state index contributed by atoms with van der Waals surface area (Å²) in [4.78, 5) is 0. The van der Waals surface area contributed by atoms with E-state index in [0.717, 1.165) is 42.8 Å². The Bertz CT molecular complexity index is 590. The van der Waals surface area contributed by atoms with Gasteiger partial charge < -0.3 is 13.6 Å². The predicted molar refractivity (Wildman–Crippen MR) is 92.5 cm³/mol. The summed E-state index contributed by atoms with van der Waals surface area (Å²) < 4.78 is 16.8. The van der Waals surface area contributed by atoms with Crippen molar-refractivity contribution in [1.29, 1.82) is 0 Å². The Morgan fingerprint density at radius 1 is 1.30 bits per heavy atom. The van der Waals surface area contributed by atoms with Gasteiger partial charge in [0.25, 0.3) is 0 Å². The normalized spacial score (nSPS) is 13.7. The Hall–Kier alpha value is -1.74. The molecule has 0 aliphatic carbocycles. The van der Waals surface area contributed by atoms with Crippen molar-refractivity contribution in [2.24, 2.45) is 5.92 Å². The van der Waals surface area contributed by atoms with Crippen molar-refractivity contribution < 1.29 is 13.6 Å². The molecular formula is C20H28O3. The largest absolute Gasteiger partial charge is 0.472 e. The van der Waals surface area contributed by atoms with Crippen LogP contribution in [-0.2, 0) is 17.6 Å². The molecule has 0 spiro atoms. The number of aryl methyl sites for hydroxylation is 1. The van der Waals surface area contributed by atoms with E-state index in [0.29, 0.717) is 5.92 Å². The highest BCUT2D eigenvalue weighted by Gasteiger charge is 2.10. The number of ether oxygens (including phenoxy) is 1. The lowest BCUT2D eigenvalue weighted by molar-refractivity contribution is 0.0766. The molecule has 2 heterocycles. The summed E-state index contributed by atoms with van der Waals surface area (Å²) in [5.41, 5.74) is 3.59. The molecule has 0 saturated heterocycles. The van der Waals surface area contributed by atoms with Gasteiger partial charge in [-0.05, 0) is 49.4 Å². The van der Waals surface area contributed by atoms with E-state index in [4.69, 9.17) is 13.6 Å². The lowest BCUT2D eigenvalue weighted by Gasteiger charge is -2.16. The highest BCUT2D eigenvalue weighted by Crippen LogP contribution is 2.16. The molecule has 2 aromatic heterocycles. The molecule has 3 nitrogen and oxygen atoms in total. The molecule has 0 aliphatic heterocycles. The zero-order chi connectivity index (χ0) is 16.7. The Morgan fingerprint density at radius 2 is 2.13 bits per heavy atom. The minimum absolute atomic E-state index is 0.0717. The third kappa shape index (κ3) is 6.49. The van der Waals surface area contributed by atoms with Crippen LogP contribution in [0.15, 0.2) is 51.4 Å². The van der Waals surface area contributed by atoms with E-state index in [1.807, 2.05) is 13.0 Å². The van der Waals surface area contributed by atoms with Crippen molar-refractivity contribution in [3.63, 3.8) is 0 Å². The van der Waals surface area contributed by atoms with Gasteiger partial charge in [-0.2, -0.15) is 0 Å². The van der Waals surface area contributed by atoms with Crippen LogP contribution >= 0.6 is 0 Å². The second-order valence-corrected chi connectivity index (χ2v) is 6.71. The topological polar surface area (TPSA) is 35.5 Å². The van der Waals surface area contributed by atoms with Crippen LogP contribution < -0.4 is 0 Å². The van der Waals surface area contributed by atoms with Crippen molar-refractivity contribution in [3.05, 3.63) is 59.5 Å². The number of rotatable bonds is 9. The first-order valence-corrected chi connectivity index (χ1v) is 8.37. The molecule has 0 saturated carbocycles. The maximum atomic E-state index is 6.09. The van der Waals surface area contributed by atoms with E-state index in [1.165, 1.54) is 5.57 Å². The van der Waals surface area contributed by atoms with E-state index in [9.17, 15) is 0 Å². The molecule has 3 heteroatoms. The van der Waals surface area contributed by atoms with E-state index in [-0.39, 0.29) is 6.10 Å². The van der Waals surface area contributed by atoms with Gasteiger partial charge in [0.15, 0.2) is 0 Å². The summed E-state index contributed by atoms with van der Waals surface area (Å²) in [6, 6.07) is 4.08. The van der Waals surface area contributed by atoms with Crippen LogP contribution in [0.1, 0.15) is 44.1 Å². The van der Waals surface area contributed by atoms with Crippen molar-refractivity contribution >= 4 is 0 Å². The molecule has 1 unspecified atom stereocenters. The third-order valence-electron chi connectivity index (χ3n) is 3.75. The lowest BCUT2D eigenvalue weighted by Crippen LogP contribution is -2.16. The smallest absolute Gasteiger partial charge is 0.108 e. The van der Waals surface area contributed by atoms with Gasteiger partial charge in [-0.3, -0.25) is 0 Å². The highest BCUT2D eigenvalue weighted by molar-refractivity contribution is 5.18. The Labute approximate surface area is 139 Å². The number of furan rings is 2. The summed E-state index contributed by atoms with van der Waals surface area (Å²) in [6.45, 7) is 9.39. The Morgan fingerprint density at radius 3 is 2.74 bits per heavy atom. The molecule has 1 atom stereocenters. The molecule has 0 fully saturated rings. The van der Waals surface area contributed by atoms with Gasteiger partial charge in [-0.15, -0.1) is 0 Å². The average Bonchev–Trinajstić information content (AvgIpc) is 3.10. The van der Waals surface area contributed by atoms with E-state index in [2.05, 4.69) is 32.9 Å². The van der Waals surface area contributed by atoms with Crippen LogP contribution in [0.5, 0.6) is 0 Å². The summed E-state index contributed by atoms with van der Waals surface area (Å²) in [5.74, 6) is 1.65. The van der Waals surface area contributed by atoms with Crippen molar-refractivity contribution in [2.75, 3.05) is 6.61 Å². The molecule has 2 aromatic rings. The number of hydrogen-bond donors (Lipinski definition) is 0. The SMILES string of the molecule is CC(=CC(Cc1ccoc1)OCCC(C)C)Cc1cc(C)co1. The minimum atomic E-state index is 0.0717. The summed E-state index contributed by atoms with van der Waals surface area (Å²) in [7, 11) is 0. The zero-order valence-corrected chi connectivity index (χ0v) is 14.7. The van der Waals surface area contributed by atoms with Gasteiger partial charge in [0.05, 0.1) is 24.9 Å². The van der Waals surface area contributed by atoms with E-state index in [1.54, 1.807) is 18.8 Å². The first kappa shape index (κ1) is 17.6. The predicted octanol–water partition coefficient (Wildman–Crippen LogP) is 5.34. The second-order valence-electron chi connectivity index (χ2n) is 6.71.